The lowest BCUT2D eigenvalue weighted by Crippen LogP contribution is -2.30. The zero-order chi connectivity index (χ0) is 25.9. The number of rotatable bonds is 7. The summed E-state index contributed by atoms with van der Waals surface area (Å²) >= 11 is 1.39. The normalized spacial score (nSPS) is 15.6. The Balaban J connectivity index is 1.33. The number of amides is 1. The van der Waals surface area contributed by atoms with E-state index in [4.69, 9.17) is 13.9 Å². The van der Waals surface area contributed by atoms with E-state index < -0.39 is 23.9 Å². The van der Waals surface area contributed by atoms with Crippen LogP contribution in [0.1, 0.15) is 62.9 Å². The molecule has 1 aliphatic rings. The molecule has 0 radical (unpaired) electrons. The molecule has 4 aromatic rings. The summed E-state index contributed by atoms with van der Waals surface area (Å²) in [5.41, 5.74) is 3.91. The van der Waals surface area contributed by atoms with Crippen LogP contribution in [-0.4, -0.2) is 35.5 Å². The molecule has 2 unspecified atom stereocenters. The molecule has 0 aliphatic heterocycles. The highest BCUT2D eigenvalue weighted by atomic mass is 32.1. The van der Waals surface area contributed by atoms with E-state index in [-0.39, 0.29) is 12.2 Å². The predicted octanol–water partition coefficient (Wildman–Crippen LogP) is 5.52. The number of ether oxygens (including phenoxy) is 2. The van der Waals surface area contributed by atoms with Gasteiger partial charge >= 0.3 is 11.9 Å². The van der Waals surface area contributed by atoms with Crippen LogP contribution in [0.3, 0.4) is 0 Å². The largest absolute Gasteiger partial charge is 0.462 e. The van der Waals surface area contributed by atoms with Gasteiger partial charge in [0, 0.05) is 4.88 Å². The third kappa shape index (κ3) is 5.13. The Hall–Kier alpha value is -3.98. The van der Waals surface area contributed by atoms with Gasteiger partial charge in [-0.3, -0.25) is 4.79 Å². The predicted molar refractivity (Wildman–Crippen MR) is 139 cm³/mol. The van der Waals surface area contributed by atoms with Gasteiger partial charge in [-0.25, -0.2) is 14.6 Å². The van der Waals surface area contributed by atoms with Gasteiger partial charge in [-0.05, 0) is 68.4 Å². The first-order valence-electron chi connectivity index (χ1n) is 12.2. The van der Waals surface area contributed by atoms with Crippen LogP contribution in [0.5, 0.6) is 0 Å². The highest BCUT2D eigenvalue weighted by Crippen LogP contribution is 2.43. The SMILES string of the molecule is CCOC(=O)c1c(NC(=O)C(C)OC(=O)c2ccc3ocnc3c2)sc2c1CCC(c1ccccc1)C2. The molecule has 5 rings (SSSR count). The van der Waals surface area contributed by atoms with Crippen molar-refractivity contribution in [3.8, 4) is 0 Å². The van der Waals surface area contributed by atoms with Crippen LogP contribution in [0, 0.1) is 0 Å². The van der Waals surface area contributed by atoms with Gasteiger partial charge in [0.15, 0.2) is 18.1 Å². The summed E-state index contributed by atoms with van der Waals surface area (Å²) in [6, 6.07) is 15.0. The molecule has 2 aromatic carbocycles. The van der Waals surface area contributed by atoms with E-state index in [1.54, 1.807) is 25.1 Å². The highest BCUT2D eigenvalue weighted by Gasteiger charge is 2.32. The van der Waals surface area contributed by atoms with Gasteiger partial charge in [0.1, 0.15) is 10.5 Å². The van der Waals surface area contributed by atoms with Crippen molar-refractivity contribution in [2.24, 2.45) is 0 Å². The number of hydrogen-bond acceptors (Lipinski definition) is 8. The Bertz CT molecular complexity index is 1460. The van der Waals surface area contributed by atoms with E-state index >= 15 is 0 Å². The molecule has 1 N–H and O–H groups in total. The fourth-order valence-corrected chi connectivity index (χ4v) is 5.90. The van der Waals surface area contributed by atoms with E-state index in [0.717, 1.165) is 23.3 Å². The minimum absolute atomic E-state index is 0.230. The average molecular weight is 519 g/mol. The number of aromatic nitrogens is 1. The number of nitrogens with one attached hydrogen (secondary N) is 1. The zero-order valence-electron chi connectivity index (χ0n) is 20.5. The fraction of sp³-hybridized carbons (Fsp3) is 0.286. The second kappa shape index (κ2) is 10.6. The summed E-state index contributed by atoms with van der Waals surface area (Å²) < 4.78 is 15.9. The molecular weight excluding hydrogens is 492 g/mol. The molecular formula is C28H26N2O6S. The maximum atomic E-state index is 13.0. The van der Waals surface area contributed by atoms with Gasteiger partial charge < -0.3 is 19.2 Å². The average Bonchev–Trinajstić information content (AvgIpc) is 3.52. The van der Waals surface area contributed by atoms with Gasteiger partial charge in [0.25, 0.3) is 5.91 Å². The molecule has 190 valence electrons. The molecule has 2 atom stereocenters. The molecule has 2 aromatic heterocycles. The smallest absolute Gasteiger partial charge is 0.341 e. The van der Waals surface area contributed by atoms with Crippen LogP contribution in [0.25, 0.3) is 11.1 Å². The van der Waals surface area contributed by atoms with Crippen molar-refractivity contribution in [1.29, 1.82) is 0 Å². The Morgan fingerprint density at radius 2 is 1.97 bits per heavy atom. The van der Waals surface area contributed by atoms with Crippen LogP contribution >= 0.6 is 11.3 Å². The standard InChI is InChI=1S/C28H26N2O6S/c1-3-34-28(33)24-20-11-9-18(17-7-5-4-6-8-17)14-23(20)37-26(24)30-25(31)16(2)36-27(32)19-10-12-22-21(13-19)29-15-35-22/h4-8,10,12-13,15-16,18H,3,9,11,14H2,1-2H3,(H,30,31). The lowest BCUT2D eigenvalue weighted by atomic mass is 9.83. The molecule has 9 heteroatoms. The maximum Gasteiger partial charge on any atom is 0.341 e. The summed E-state index contributed by atoms with van der Waals surface area (Å²) in [5, 5.41) is 3.24. The van der Waals surface area contributed by atoms with Gasteiger partial charge in [0.05, 0.1) is 17.7 Å². The van der Waals surface area contributed by atoms with Crippen molar-refractivity contribution in [2.75, 3.05) is 11.9 Å². The van der Waals surface area contributed by atoms with E-state index in [1.165, 1.54) is 30.2 Å². The number of fused-ring (bicyclic) bond motifs is 2. The van der Waals surface area contributed by atoms with E-state index in [2.05, 4.69) is 22.4 Å². The molecule has 1 amide bonds. The van der Waals surface area contributed by atoms with Crippen molar-refractivity contribution >= 4 is 45.3 Å². The number of hydrogen-bond donors (Lipinski definition) is 1. The van der Waals surface area contributed by atoms with E-state index in [0.29, 0.717) is 34.0 Å². The third-order valence-electron chi connectivity index (χ3n) is 6.47. The number of nitrogens with zero attached hydrogens (tertiary/aromatic N) is 1. The lowest BCUT2D eigenvalue weighted by Gasteiger charge is -2.23. The van der Waals surface area contributed by atoms with Crippen molar-refractivity contribution in [2.45, 2.75) is 45.1 Å². The molecule has 37 heavy (non-hydrogen) atoms. The molecule has 2 heterocycles. The number of esters is 2. The number of oxazole rings is 1. The maximum absolute atomic E-state index is 13.0. The van der Waals surface area contributed by atoms with Crippen LogP contribution in [-0.2, 0) is 27.1 Å². The minimum Gasteiger partial charge on any atom is -0.462 e. The van der Waals surface area contributed by atoms with Crippen molar-refractivity contribution in [3.63, 3.8) is 0 Å². The summed E-state index contributed by atoms with van der Waals surface area (Å²) in [6.45, 7) is 3.47. The fourth-order valence-electron chi connectivity index (χ4n) is 4.58. The summed E-state index contributed by atoms with van der Waals surface area (Å²) in [5.74, 6) is -1.30. The number of benzene rings is 2. The van der Waals surface area contributed by atoms with E-state index in [9.17, 15) is 14.4 Å². The van der Waals surface area contributed by atoms with Gasteiger partial charge in [0.2, 0.25) is 0 Å². The number of carbonyl (C=O) groups is 3. The van der Waals surface area contributed by atoms with Crippen LogP contribution < -0.4 is 5.32 Å². The summed E-state index contributed by atoms with van der Waals surface area (Å²) in [4.78, 5) is 43.6. The molecule has 0 spiro atoms. The van der Waals surface area contributed by atoms with Gasteiger partial charge in [-0.15, -0.1) is 11.3 Å². The number of carbonyl (C=O) groups excluding carboxylic acids is 3. The first-order chi connectivity index (χ1) is 17.9. The van der Waals surface area contributed by atoms with Crippen molar-refractivity contribution < 1.29 is 28.3 Å². The number of thiophene rings is 1. The zero-order valence-corrected chi connectivity index (χ0v) is 21.3. The monoisotopic (exact) mass is 518 g/mol. The summed E-state index contributed by atoms with van der Waals surface area (Å²) in [6.07, 6.45) is 2.59. The first-order valence-corrected chi connectivity index (χ1v) is 13.0. The second-order valence-corrected chi connectivity index (χ2v) is 9.96. The van der Waals surface area contributed by atoms with Crippen molar-refractivity contribution in [3.05, 3.63) is 82.1 Å². The van der Waals surface area contributed by atoms with Crippen LogP contribution in [0.15, 0.2) is 59.3 Å². The molecule has 0 saturated carbocycles. The Kier molecular flexibility index (Phi) is 7.05. The Labute approximate surface area is 217 Å². The Morgan fingerprint density at radius 1 is 1.16 bits per heavy atom. The van der Waals surface area contributed by atoms with E-state index in [1.807, 2.05) is 18.2 Å². The lowest BCUT2D eigenvalue weighted by molar-refractivity contribution is -0.123. The first kappa shape index (κ1) is 24.7. The minimum atomic E-state index is -1.09. The van der Waals surface area contributed by atoms with Crippen LogP contribution in [0.4, 0.5) is 5.00 Å². The molecule has 0 saturated heterocycles. The van der Waals surface area contributed by atoms with Gasteiger partial charge in [-0.2, -0.15) is 0 Å². The highest BCUT2D eigenvalue weighted by molar-refractivity contribution is 7.17. The van der Waals surface area contributed by atoms with Gasteiger partial charge in [-0.1, -0.05) is 30.3 Å². The molecule has 1 aliphatic carbocycles. The molecule has 8 nitrogen and oxygen atoms in total. The summed E-state index contributed by atoms with van der Waals surface area (Å²) in [7, 11) is 0. The quantitative estimate of drug-likeness (QED) is 0.321. The third-order valence-corrected chi connectivity index (χ3v) is 7.64. The molecule has 0 fully saturated rings. The second-order valence-electron chi connectivity index (χ2n) is 8.85. The Morgan fingerprint density at radius 3 is 2.76 bits per heavy atom. The molecule has 0 bridgehead atoms. The van der Waals surface area contributed by atoms with Crippen LogP contribution in [0.2, 0.25) is 0 Å². The number of anilines is 1. The van der Waals surface area contributed by atoms with Crippen molar-refractivity contribution in [1.82, 2.24) is 4.98 Å². The topological polar surface area (TPSA) is 108 Å².